The second kappa shape index (κ2) is 3.14. The van der Waals surface area contributed by atoms with Crippen LogP contribution in [0.3, 0.4) is 0 Å². The predicted molar refractivity (Wildman–Crippen MR) is 53.6 cm³/mol. The lowest BCUT2D eigenvalue weighted by atomic mass is 10.2. The van der Waals surface area contributed by atoms with Crippen molar-refractivity contribution in [2.45, 2.75) is 13.5 Å². The Hall–Kier alpha value is -1.84. The van der Waals surface area contributed by atoms with E-state index in [0.29, 0.717) is 17.5 Å². The van der Waals surface area contributed by atoms with Crippen molar-refractivity contribution >= 4 is 17.2 Å². The number of carbonyl (C=O) groups is 1. The van der Waals surface area contributed by atoms with E-state index >= 15 is 0 Å². The molecule has 72 valence electrons. The SMILES string of the molecule is CCn1[nH]c2ccc(C=O)cc2c1=O. The minimum Gasteiger partial charge on any atom is -0.298 e. The first kappa shape index (κ1) is 8.74. The first-order valence-corrected chi connectivity index (χ1v) is 4.44. The molecule has 2 rings (SSSR count). The number of nitrogens with one attached hydrogen (secondary N) is 1. The molecule has 0 radical (unpaired) electrons. The lowest BCUT2D eigenvalue weighted by Gasteiger charge is -1.90. The maximum Gasteiger partial charge on any atom is 0.274 e. The number of benzene rings is 1. The number of hydrogen-bond donors (Lipinski definition) is 1. The zero-order chi connectivity index (χ0) is 10.1. The van der Waals surface area contributed by atoms with E-state index < -0.39 is 0 Å². The number of fused-ring (bicyclic) bond motifs is 1. The predicted octanol–water partition coefficient (Wildman–Crippen LogP) is 1.16. The van der Waals surface area contributed by atoms with E-state index in [9.17, 15) is 9.59 Å². The second-order valence-corrected chi connectivity index (χ2v) is 3.08. The zero-order valence-electron chi connectivity index (χ0n) is 7.78. The molecule has 0 saturated heterocycles. The van der Waals surface area contributed by atoms with E-state index in [0.717, 1.165) is 11.8 Å². The van der Waals surface area contributed by atoms with Crippen LogP contribution in [0.1, 0.15) is 17.3 Å². The third kappa shape index (κ3) is 1.16. The monoisotopic (exact) mass is 190 g/mol. The van der Waals surface area contributed by atoms with E-state index in [1.54, 1.807) is 18.2 Å². The van der Waals surface area contributed by atoms with Gasteiger partial charge >= 0.3 is 0 Å². The van der Waals surface area contributed by atoms with Crippen molar-refractivity contribution in [2.75, 3.05) is 0 Å². The summed E-state index contributed by atoms with van der Waals surface area (Å²) in [6.07, 6.45) is 0.738. The molecule has 0 unspecified atom stereocenters. The van der Waals surface area contributed by atoms with Gasteiger partial charge in [0.2, 0.25) is 0 Å². The summed E-state index contributed by atoms with van der Waals surface area (Å²) in [5, 5.41) is 3.52. The van der Waals surface area contributed by atoms with Crippen LogP contribution in [0.5, 0.6) is 0 Å². The minimum absolute atomic E-state index is 0.0776. The zero-order valence-corrected chi connectivity index (χ0v) is 7.78. The van der Waals surface area contributed by atoms with Crippen molar-refractivity contribution < 1.29 is 4.79 Å². The van der Waals surface area contributed by atoms with Gasteiger partial charge < -0.3 is 0 Å². The van der Waals surface area contributed by atoms with Crippen LogP contribution in [0.2, 0.25) is 0 Å². The molecule has 4 nitrogen and oxygen atoms in total. The van der Waals surface area contributed by atoms with Crippen molar-refractivity contribution in [3.8, 4) is 0 Å². The lowest BCUT2D eigenvalue weighted by molar-refractivity contribution is 0.112. The fraction of sp³-hybridized carbons (Fsp3) is 0.200. The molecular weight excluding hydrogens is 180 g/mol. The Labute approximate surface area is 80.1 Å². The number of nitrogens with zero attached hydrogens (tertiary/aromatic N) is 1. The number of rotatable bonds is 2. The number of aromatic nitrogens is 2. The Morgan fingerprint density at radius 3 is 2.93 bits per heavy atom. The van der Waals surface area contributed by atoms with Gasteiger partial charge in [-0.15, -0.1) is 0 Å². The molecule has 0 saturated carbocycles. The van der Waals surface area contributed by atoms with Crippen LogP contribution in [0.15, 0.2) is 23.0 Å². The highest BCUT2D eigenvalue weighted by Crippen LogP contribution is 2.08. The van der Waals surface area contributed by atoms with Gasteiger partial charge in [0.1, 0.15) is 6.29 Å². The van der Waals surface area contributed by atoms with E-state index in [2.05, 4.69) is 5.10 Å². The first-order chi connectivity index (χ1) is 6.76. The Morgan fingerprint density at radius 2 is 2.29 bits per heavy atom. The molecule has 0 aliphatic heterocycles. The second-order valence-electron chi connectivity index (χ2n) is 3.08. The highest BCUT2D eigenvalue weighted by atomic mass is 16.1. The average molecular weight is 190 g/mol. The van der Waals surface area contributed by atoms with Gasteiger partial charge in [-0.3, -0.25) is 19.4 Å². The van der Waals surface area contributed by atoms with Crippen molar-refractivity contribution in [2.24, 2.45) is 0 Å². The maximum absolute atomic E-state index is 11.6. The van der Waals surface area contributed by atoms with Crippen LogP contribution in [0.4, 0.5) is 0 Å². The number of hydrogen-bond acceptors (Lipinski definition) is 2. The molecule has 0 aliphatic carbocycles. The lowest BCUT2D eigenvalue weighted by Crippen LogP contribution is -2.14. The summed E-state index contributed by atoms with van der Waals surface area (Å²) < 4.78 is 1.51. The van der Waals surface area contributed by atoms with E-state index in [1.807, 2.05) is 6.92 Å². The van der Waals surface area contributed by atoms with Crippen molar-refractivity contribution in [3.05, 3.63) is 34.1 Å². The van der Waals surface area contributed by atoms with E-state index in [4.69, 9.17) is 0 Å². The average Bonchev–Trinajstić information content (AvgIpc) is 2.55. The highest BCUT2D eigenvalue weighted by Gasteiger charge is 2.05. The van der Waals surface area contributed by atoms with Gasteiger partial charge in [0.15, 0.2) is 0 Å². The van der Waals surface area contributed by atoms with Crippen LogP contribution in [0, 0.1) is 0 Å². The van der Waals surface area contributed by atoms with Crippen LogP contribution in [-0.2, 0) is 6.54 Å². The van der Waals surface area contributed by atoms with Crippen molar-refractivity contribution in [1.82, 2.24) is 9.78 Å². The Kier molecular flexibility index (Phi) is 1.96. The number of aromatic amines is 1. The third-order valence-corrected chi connectivity index (χ3v) is 2.23. The number of aryl methyl sites for hydroxylation is 1. The smallest absolute Gasteiger partial charge is 0.274 e. The summed E-state index contributed by atoms with van der Waals surface area (Å²) >= 11 is 0. The van der Waals surface area contributed by atoms with Crippen LogP contribution in [-0.4, -0.2) is 16.1 Å². The molecule has 1 heterocycles. The Morgan fingerprint density at radius 1 is 1.50 bits per heavy atom. The van der Waals surface area contributed by atoms with Crippen molar-refractivity contribution in [3.63, 3.8) is 0 Å². The van der Waals surface area contributed by atoms with Gasteiger partial charge in [0, 0.05) is 12.1 Å². The third-order valence-electron chi connectivity index (χ3n) is 2.23. The molecule has 0 aliphatic rings. The van der Waals surface area contributed by atoms with Gasteiger partial charge in [0.05, 0.1) is 10.9 Å². The van der Waals surface area contributed by atoms with Crippen molar-refractivity contribution in [1.29, 1.82) is 0 Å². The summed E-state index contributed by atoms with van der Waals surface area (Å²) in [5.74, 6) is 0. The molecule has 0 bridgehead atoms. The van der Waals surface area contributed by atoms with Crippen LogP contribution in [0.25, 0.3) is 10.9 Å². The van der Waals surface area contributed by atoms with Gasteiger partial charge in [-0.1, -0.05) is 0 Å². The summed E-state index contributed by atoms with van der Waals surface area (Å²) in [6.45, 7) is 2.49. The van der Waals surface area contributed by atoms with E-state index in [-0.39, 0.29) is 5.56 Å². The summed E-state index contributed by atoms with van der Waals surface area (Å²) in [6, 6.07) is 5.03. The summed E-state index contributed by atoms with van der Waals surface area (Å²) in [4.78, 5) is 22.2. The highest BCUT2D eigenvalue weighted by molar-refractivity contribution is 5.86. The standard InChI is InChI=1S/C10H10N2O2/c1-2-12-10(14)8-5-7(6-13)3-4-9(8)11-12/h3-6,11H,2H2,1H3. The normalized spacial score (nSPS) is 10.6. The summed E-state index contributed by atoms with van der Waals surface area (Å²) in [7, 11) is 0. The van der Waals surface area contributed by atoms with Crippen LogP contribution >= 0.6 is 0 Å². The largest absolute Gasteiger partial charge is 0.298 e. The fourth-order valence-corrected chi connectivity index (χ4v) is 1.47. The Bertz CT molecular complexity index is 537. The molecular formula is C10H10N2O2. The molecule has 0 fully saturated rings. The number of H-pyrrole nitrogens is 1. The fourth-order valence-electron chi connectivity index (χ4n) is 1.47. The molecule has 1 N–H and O–H groups in total. The minimum atomic E-state index is -0.0776. The van der Waals surface area contributed by atoms with E-state index in [1.165, 1.54) is 4.68 Å². The maximum atomic E-state index is 11.6. The van der Waals surface area contributed by atoms with Gasteiger partial charge in [0.25, 0.3) is 5.56 Å². The first-order valence-electron chi connectivity index (χ1n) is 4.44. The molecule has 0 spiro atoms. The summed E-state index contributed by atoms with van der Waals surface area (Å²) in [5.41, 5.74) is 1.21. The topological polar surface area (TPSA) is 54.9 Å². The molecule has 14 heavy (non-hydrogen) atoms. The van der Waals surface area contributed by atoms with Gasteiger partial charge in [-0.05, 0) is 25.1 Å². The molecule has 4 heteroatoms. The van der Waals surface area contributed by atoms with Crippen LogP contribution < -0.4 is 5.56 Å². The molecule has 1 aromatic heterocycles. The van der Waals surface area contributed by atoms with Gasteiger partial charge in [-0.25, -0.2) is 0 Å². The number of aldehydes is 1. The Balaban J connectivity index is 2.80. The van der Waals surface area contributed by atoms with Gasteiger partial charge in [-0.2, -0.15) is 0 Å². The quantitative estimate of drug-likeness (QED) is 0.722. The molecule has 1 aromatic carbocycles. The molecule has 0 atom stereocenters. The number of carbonyl (C=O) groups excluding carboxylic acids is 1. The molecule has 0 amide bonds. The molecule has 2 aromatic rings.